The summed E-state index contributed by atoms with van der Waals surface area (Å²) in [4.78, 5) is 28.3. The Morgan fingerprint density at radius 3 is 2.83 bits per heavy atom. The number of unbranched alkanes of at least 4 members (excludes halogenated alkanes) is 1. The maximum Gasteiger partial charge on any atom is 0.338 e. The van der Waals surface area contributed by atoms with E-state index in [9.17, 15) is 9.59 Å². The Labute approximate surface area is 134 Å². The smallest absolute Gasteiger partial charge is 0.338 e. The number of hydrogen-bond acceptors (Lipinski definition) is 4. The number of benzene rings is 1. The van der Waals surface area contributed by atoms with Crippen LogP contribution in [-0.4, -0.2) is 31.6 Å². The van der Waals surface area contributed by atoms with E-state index in [0.717, 1.165) is 18.5 Å². The largest absolute Gasteiger partial charge is 0.462 e. The highest BCUT2D eigenvalue weighted by atomic mass is 16.5. The second-order valence-electron chi connectivity index (χ2n) is 5.52. The number of amides is 1. The van der Waals surface area contributed by atoms with Crippen molar-refractivity contribution in [3.8, 4) is 0 Å². The predicted octanol–water partition coefficient (Wildman–Crippen LogP) is 3.31. The van der Waals surface area contributed by atoms with Crippen LogP contribution in [0.3, 0.4) is 0 Å². The second-order valence-corrected chi connectivity index (χ2v) is 5.52. The van der Waals surface area contributed by atoms with Gasteiger partial charge in [-0.1, -0.05) is 18.5 Å². The van der Waals surface area contributed by atoms with Crippen molar-refractivity contribution in [3.63, 3.8) is 0 Å². The van der Waals surface area contributed by atoms with Crippen LogP contribution in [0.1, 0.15) is 36.5 Å². The van der Waals surface area contributed by atoms with E-state index in [1.54, 1.807) is 29.2 Å². The molecule has 0 N–H and O–H groups in total. The summed E-state index contributed by atoms with van der Waals surface area (Å²) in [5.74, 6) is -0.308. The molecule has 23 heavy (non-hydrogen) atoms. The lowest BCUT2D eigenvalue weighted by Gasteiger charge is -2.16. The summed E-state index contributed by atoms with van der Waals surface area (Å²) in [6, 6.07) is 6.81. The van der Waals surface area contributed by atoms with E-state index >= 15 is 0 Å². The maximum absolute atomic E-state index is 12.0. The van der Waals surface area contributed by atoms with Crippen LogP contribution < -0.4 is 4.90 Å². The molecule has 2 rings (SSSR count). The van der Waals surface area contributed by atoms with Crippen molar-refractivity contribution in [2.75, 3.05) is 24.6 Å². The number of carbonyl (C=O) groups is 2. The van der Waals surface area contributed by atoms with Crippen LogP contribution in [0, 0.1) is 5.92 Å². The third-order valence-corrected chi connectivity index (χ3v) is 3.75. The highest BCUT2D eigenvalue weighted by Crippen LogP contribution is 2.25. The van der Waals surface area contributed by atoms with Gasteiger partial charge in [-0.2, -0.15) is 0 Å². The first-order chi connectivity index (χ1) is 11.2. The van der Waals surface area contributed by atoms with Gasteiger partial charge in [0.05, 0.1) is 12.2 Å². The average Bonchev–Trinajstić information content (AvgIpc) is 2.94. The second kappa shape index (κ2) is 8.19. The summed E-state index contributed by atoms with van der Waals surface area (Å²) in [5.41, 5.74) is 9.56. The van der Waals surface area contributed by atoms with Crippen molar-refractivity contribution >= 4 is 17.6 Å². The molecule has 1 aromatic rings. The van der Waals surface area contributed by atoms with Crippen molar-refractivity contribution in [2.24, 2.45) is 11.0 Å². The fourth-order valence-corrected chi connectivity index (χ4v) is 2.48. The van der Waals surface area contributed by atoms with Crippen LogP contribution in [-0.2, 0) is 9.53 Å². The minimum absolute atomic E-state index is 0.00131. The van der Waals surface area contributed by atoms with Gasteiger partial charge in [-0.25, -0.2) is 4.79 Å². The quantitative estimate of drug-likeness (QED) is 0.254. The van der Waals surface area contributed by atoms with Gasteiger partial charge in [0.2, 0.25) is 5.91 Å². The lowest BCUT2D eigenvalue weighted by atomic mass is 10.1. The Morgan fingerprint density at radius 1 is 1.43 bits per heavy atom. The first-order valence-electron chi connectivity index (χ1n) is 7.74. The summed E-state index contributed by atoms with van der Waals surface area (Å²) in [7, 11) is 0. The molecule has 7 heteroatoms. The monoisotopic (exact) mass is 316 g/mol. The zero-order chi connectivity index (χ0) is 16.7. The van der Waals surface area contributed by atoms with Crippen LogP contribution >= 0.6 is 0 Å². The van der Waals surface area contributed by atoms with Crippen LogP contribution in [0.4, 0.5) is 5.69 Å². The number of rotatable bonds is 7. The zero-order valence-corrected chi connectivity index (χ0v) is 13.1. The third kappa shape index (κ3) is 4.47. The molecule has 1 aliphatic rings. The molecule has 122 valence electrons. The Hall–Kier alpha value is -2.53. The molecule has 0 spiro atoms. The molecule has 1 aliphatic heterocycles. The summed E-state index contributed by atoms with van der Waals surface area (Å²) in [5, 5.41) is 3.53. The number of azide groups is 1. The van der Waals surface area contributed by atoms with Crippen molar-refractivity contribution in [3.05, 3.63) is 40.3 Å². The molecule has 1 atom stereocenters. The minimum Gasteiger partial charge on any atom is -0.462 e. The standard InChI is InChI=1S/C16H20N4O3/c1-2-3-8-23-16(22)13-4-6-14(7-5-13)20-11-12(9-15(20)21)10-18-19-17/h4-7,12H,2-3,8-11H2,1H3. The molecule has 0 saturated carbocycles. The first kappa shape index (κ1) is 16.8. The van der Waals surface area contributed by atoms with Crippen molar-refractivity contribution in [2.45, 2.75) is 26.2 Å². The summed E-state index contributed by atoms with van der Waals surface area (Å²) in [6.07, 6.45) is 2.19. The van der Waals surface area contributed by atoms with Crippen LogP contribution in [0.2, 0.25) is 0 Å². The number of anilines is 1. The van der Waals surface area contributed by atoms with Crippen LogP contribution in [0.25, 0.3) is 10.4 Å². The molecular weight excluding hydrogens is 296 g/mol. The topological polar surface area (TPSA) is 95.4 Å². The molecule has 0 aromatic heterocycles. The molecule has 0 bridgehead atoms. The number of nitrogens with zero attached hydrogens (tertiary/aromatic N) is 4. The molecule has 1 unspecified atom stereocenters. The van der Waals surface area contributed by atoms with Gasteiger partial charge in [0, 0.05) is 30.1 Å². The summed E-state index contributed by atoms with van der Waals surface area (Å²) < 4.78 is 5.15. The Kier molecular flexibility index (Phi) is 6.00. The van der Waals surface area contributed by atoms with Gasteiger partial charge >= 0.3 is 5.97 Å². The number of carbonyl (C=O) groups excluding carboxylic acids is 2. The Bertz CT molecular complexity index is 608. The SMILES string of the molecule is CCCCOC(=O)c1ccc(N2CC(CN=[N+]=[N-])CC2=O)cc1. The van der Waals surface area contributed by atoms with Gasteiger partial charge in [-0.15, -0.1) is 0 Å². The zero-order valence-electron chi connectivity index (χ0n) is 13.1. The Morgan fingerprint density at radius 2 is 2.17 bits per heavy atom. The normalized spacial score (nSPS) is 17.0. The molecule has 7 nitrogen and oxygen atoms in total. The number of hydrogen-bond donors (Lipinski definition) is 0. The lowest BCUT2D eigenvalue weighted by molar-refractivity contribution is -0.117. The van der Waals surface area contributed by atoms with Gasteiger partial charge in [0.25, 0.3) is 0 Å². The van der Waals surface area contributed by atoms with Gasteiger partial charge in [0.1, 0.15) is 0 Å². The van der Waals surface area contributed by atoms with Crippen molar-refractivity contribution < 1.29 is 14.3 Å². The van der Waals surface area contributed by atoms with E-state index in [0.29, 0.717) is 31.7 Å². The molecular formula is C16H20N4O3. The maximum atomic E-state index is 12.0. The van der Waals surface area contributed by atoms with E-state index in [2.05, 4.69) is 10.0 Å². The van der Waals surface area contributed by atoms with E-state index < -0.39 is 0 Å². The molecule has 1 aromatic carbocycles. The third-order valence-electron chi connectivity index (χ3n) is 3.75. The molecule has 1 amide bonds. The van der Waals surface area contributed by atoms with Crippen molar-refractivity contribution in [1.82, 2.24) is 0 Å². The van der Waals surface area contributed by atoms with Gasteiger partial charge in [-0.05, 0) is 42.1 Å². The van der Waals surface area contributed by atoms with Crippen LogP contribution in [0.15, 0.2) is 29.4 Å². The van der Waals surface area contributed by atoms with Crippen LogP contribution in [0.5, 0.6) is 0 Å². The molecule has 1 saturated heterocycles. The minimum atomic E-state index is -0.348. The first-order valence-corrected chi connectivity index (χ1v) is 7.74. The highest BCUT2D eigenvalue weighted by molar-refractivity contribution is 5.96. The number of esters is 1. The van der Waals surface area contributed by atoms with E-state index in [1.165, 1.54) is 0 Å². The van der Waals surface area contributed by atoms with Gasteiger partial charge < -0.3 is 9.64 Å². The Balaban J connectivity index is 1.98. The summed E-state index contributed by atoms with van der Waals surface area (Å²) in [6.45, 7) is 3.30. The van der Waals surface area contributed by atoms with Gasteiger partial charge in [0.15, 0.2) is 0 Å². The fourth-order valence-electron chi connectivity index (χ4n) is 2.48. The van der Waals surface area contributed by atoms with E-state index in [-0.39, 0.29) is 17.8 Å². The lowest BCUT2D eigenvalue weighted by Crippen LogP contribution is -2.24. The number of ether oxygens (including phenoxy) is 1. The highest BCUT2D eigenvalue weighted by Gasteiger charge is 2.30. The molecule has 0 aliphatic carbocycles. The average molecular weight is 316 g/mol. The molecule has 0 radical (unpaired) electrons. The van der Waals surface area contributed by atoms with E-state index in [4.69, 9.17) is 10.3 Å². The predicted molar refractivity (Wildman–Crippen MR) is 86.1 cm³/mol. The molecule has 1 fully saturated rings. The molecule has 1 heterocycles. The van der Waals surface area contributed by atoms with E-state index in [1.807, 2.05) is 6.92 Å². The summed E-state index contributed by atoms with van der Waals surface area (Å²) >= 11 is 0. The van der Waals surface area contributed by atoms with Crippen molar-refractivity contribution in [1.29, 1.82) is 0 Å². The fraction of sp³-hybridized carbons (Fsp3) is 0.500. The van der Waals surface area contributed by atoms with Gasteiger partial charge in [-0.3, -0.25) is 4.79 Å².